The Morgan fingerprint density at radius 1 is 1.58 bits per heavy atom. The van der Waals surface area contributed by atoms with E-state index in [9.17, 15) is 4.79 Å². The Balaban J connectivity index is 1.52. The fourth-order valence-electron chi connectivity index (χ4n) is 1.92. The highest BCUT2D eigenvalue weighted by molar-refractivity contribution is 9.10. The summed E-state index contributed by atoms with van der Waals surface area (Å²) in [5.41, 5.74) is 0.514. The Morgan fingerprint density at radius 2 is 2.47 bits per heavy atom. The van der Waals surface area contributed by atoms with Gasteiger partial charge < -0.3 is 19.2 Å². The number of hydrogen-bond acceptors (Lipinski definition) is 4. The second-order valence-electron chi connectivity index (χ2n) is 4.43. The second-order valence-corrected chi connectivity index (χ2v) is 5.15. The van der Waals surface area contributed by atoms with Gasteiger partial charge in [-0.3, -0.25) is 4.79 Å². The summed E-state index contributed by atoms with van der Waals surface area (Å²) >= 11 is 3.17. The zero-order chi connectivity index (χ0) is 13.5. The van der Waals surface area contributed by atoms with Gasteiger partial charge in [0.1, 0.15) is 0 Å². The number of carbonyl (C=O) groups is 1. The molecule has 2 heterocycles. The van der Waals surface area contributed by atoms with E-state index in [2.05, 4.69) is 21.2 Å². The maximum atomic E-state index is 11.7. The monoisotopic (exact) mass is 331 g/mol. The lowest BCUT2D eigenvalue weighted by Gasteiger charge is -2.10. The highest BCUT2D eigenvalue weighted by Crippen LogP contribution is 2.17. The van der Waals surface area contributed by atoms with Crippen LogP contribution in [0.5, 0.6) is 0 Å². The van der Waals surface area contributed by atoms with Crippen LogP contribution in [-0.2, 0) is 9.47 Å². The first kappa shape index (κ1) is 14.6. The SMILES string of the molecule is O=C(NCCCOCC1CCCO1)c1ccoc1Br. The van der Waals surface area contributed by atoms with Crippen LogP contribution in [-0.4, -0.2) is 38.4 Å². The molecule has 1 aliphatic rings. The third kappa shape index (κ3) is 4.63. The maximum absolute atomic E-state index is 11.7. The molecule has 1 amide bonds. The van der Waals surface area contributed by atoms with Crippen LogP contribution in [0, 0.1) is 0 Å². The minimum absolute atomic E-state index is 0.139. The van der Waals surface area contributed by atoms with E-state index in [1.165, 1.54) is 6.26 Å². The number of amides is 1. The fourth-order valence-corrected chi connectivity index (χ4v) is 2.34. The summed E-state index contributed by atoms with van der Waals surface area (Å²) in [4.78, 5) is 11.7. The molecule has 2 rings (SSSR count). The Hall–Kier alpha value is -0.850. The molecular weight excluding hydrogens is 314 g/mol. The highest BCUT2D eigenvalue weighted by Gasteiger charge is 2.15. The highest BCUT2D eigenvalue weighted by atomic mass is 79.9. The first-order valence-corrected chi connectivity index (χ1v) is 7.27. The normalized spacial score (nSPS) is 18.7. The van der Waals surface area contributed by atoms with Gasteiger partial charge in [0.25, 0.3) is 5.91 Å². The Labute approximate surface area is 120 Å². The molecule has 1 aromatic rings. The van der Waals surface area contributed by atoms with Gasteiger partial charge in [0.15, 0.2) is 4.67 Å². The number of rotatable bonds is 7. The average Bonchev–Trinajstić information content (AvgIpc) is 3.04. The van der Waals surface area contributed by atoms with E-state index in [1.54, 1.807) is 6.07 Å². The molecule has 0 bridgehead atoms. The number of ether oxygens (including phenoxy) is 2. The summed E-state index contributed by atoms with van der Waals surface area (Å²) in [6, 6.07) is 1.63. The first-order valence-electron chi connectivity index (χ1n) is 6.48. The molecular formula is C13H18BrNO4. The maximum Gasteiger partial charge on any atom is 0.255 e. The van der Waals surface area contributed by atoms with E-state index in [0.29, 0.717) is 30.0 Å². The van der Waals surface area contributed by atoms with Crippen molar-refractivity contribution in [2.24, 2.45) is 0 Å². The molecule has 106 valence electrons. The molecule has 0 spiro atoms. The zero-order valence-corrected chi connectivity index (χ0v) is 12.3. The van der Waals surface area contributed by atoms with E-state index in [1.807, 2.05) is 0 Å². The van der Waals surface area contributed by atoms with Crippen molar-refractivity contribution in [1.82, 2.24) is 5.32 Å². The van der Waals surface area contributed by atoms with Gasteiger partial charge in [0.05, 0.1) is 24.5 Å². The summed E-state index contributed by atoms with van der Waals surface area (Å²) in [5.74, 6) is -0.139. The third-order valence-electron chi connectivity index (χ3n) is 2.94. The summed E-state index contributed by atoms with van der Waals surface area (Å²) < 4.78 is 16.4. The van der Waals surface area contributed by atoms with Crippen LogP contribution in [0.25, 0.3) is 0 Å². The van der Waals surface area contributed by atoms with E-state index >= 15 is 0 Å². The number of halogens is 1. The molecule has 1 N–H and O–H groups in total. The van der Waals surface area contributed by atoms with Gasteiger partial charge in [-0.2, -0.15) is 0 Å². The number of furan rings is 1. The standard InChI is InChI=1S/C13H18BrNO4/c14-12-11(4-8-19-12)13(16)15-5-2-6-17-9-10-3-1-7-18-10/h4,8,10H,1-3,5-7,9H2,(H,15,16). The molecule has 1 atom stereocenters. The fraction of sp³-hybridized carbons (Fsp3) is 0.615. The largest absolute Gasteiger partial charge is 0.457 e. The molecule has 1 fully saturated rings. The smallest absolute Gasteiger partial charge is 0.255 e. The molecule has 0 aromatic carbocycles. The second kappa shape index (κ2) is 7.67. The van der Waals surface area contributed by atoms with Crippen molar-refractivity contribution >= 4 is 21.8 Å². The van der Waals surface area contributed by atoms with Crippen LogP contribution in [0.2, 0.25) is 0 Å². The van der Waals surface area contributed by atoms with Gasteiger partial charge in [-0.1, -0.05) is 0 Å². The van der Waals surface area contributed by atoms with Crippen LogP contribution in [0.4, 0.5) is 0 Å². The van der Waals surface area contributed by atoms with Crippen LogP contribution >= 0.6 is 15.9 Å². The number of nitrogens with one attached hydrogen (secondary N) is 1. The van der Waals surface area contributed by atoms with Gasteiger partial charge in [0.2, 0.25) is 0 Å². The van der Waals surface area contributed by atoms with Crippen molar-refractivity contribution in [2.75, 3.05) is 26.4 Å². The topological polar surface area (TPSA) is 60.7 Å². The minimum atomic E-state index is -0.139. The Bertz CT molecular complexity index is 401. The lowest BCUT2D eigenvalue weighted by Crippen LogP contribution is -2.25. The summed E-state index contributed by atoms with van der Waals surface area (Å²) in [5, 5.41) is 2.81. The molecule has 1 unspecified atom stereocenters. The van der Waals surface area contributed by atoms with E-state index < -0.39 is 0 Å². The quantitative estimate of drug-likeness (QED) is 0.779. The van der Waals surface area contributed by atoms with Crippen molar-refractivity contribution in [3.8, 4) is 0 Å². The van der Waals surface area contributed by atoms with Gasteiger partial charge >= 0.3 is 0 Å². The van der Waals surface area contributed by atoms with Gasteiger partial charge in [-0.15, -0.1) is 0 Å². The number of hydrogen-bond donors (Lipinski definition) is 1. The Morgan fingerprint density at radius 3 is 3.16 bits per heavy atom. The van der Waals surface area contributed by atoms with Gasteiger partial charge in [-0.25, -0.2) is 0 Å². The molecule has 0 aliphatic carbocycles. The van der Waals surface area contributed by atoms with Crippen LogP contribution in [0.15, 0.2) is 21.4 Å². The van der Waals surface area contributed by atoms with Gasteiger partial charge in [0, 0.05) is 19.8 Å². The molecule has 6 heteroatoms. The summed E-state index contributed by atoms with van der Waals surface area (Å²) in [6.07, 6.45) is 4.74. The average molecular weight is 332 g/mol. The van der Waals surface area contributed by atoms with Gasteiger partial charge in [-0.05, 0) is 41.3 Å². The molecule has 0 saturated carbocycles. The first-order chi connectivity index (χ1) is 9.27. The summed E-state index contributed by atoms with van der Waals surface area (Å²) in [6.45, 7) is 2.72. The number of carbonyl (C=O) groups excluding carboxylic acids is 1. The molecule has 1 aliphatic heterocycles. The predicted octanol–water partition coefficient (Wildman–Crippen LogP) is 2.36. The Kier molecular flexibility index (Phi) is 5.88. The molecule has 0 radical (unpaired) electrons. The molecule has 1 saturated heterocycles. The van der Waals surface area contributed by atoms with E-state index in [-0.39, 0.29) is 12.0 Å². The van der Waals surface area contributed by atoms with E-state index in [0.717, 1.165) is 25.9 Å². The molecule has 5 nitrogen and oxygen atoms in total. The van der Waals surface area contributed by atoms with Crippen LogP contribution in [0.1, 0.15) is 29.6 Å². The van der Waals surface area contributed by atoms with Crippen molar-refractivity contribution in [3.05, 3.63) is 22.6 Å². The van der Waals surface area contributed by atoms with E-state index in [4.69, 9.17) is 13.9 Å². The minimum Gasteiger partial charge on any atom is -0.457 e. The van der Waals surface area contributed by atoms with Crippen molar-refractivity contribution in [1.29, 1.82) is 0 Å². The molecule has 1 aromatic heterocycles. The predicted molar refractivity (Wildman–Crippen MR) is 73.2 cm³/mol. The van der Waals surface area contributed by atoms with Crippen molar-refractivity contribution < 1.29 is 18.7 Å². The zero-order valence-electron chi connectivity index (χ0n) is 10.7. The lowest BCUT2D eigenvalue weighted by atomic mass is 10.2. The third-order valence-corrected chi connectivity index (χ3v) is 3.56. The van der Waals surface area contributed by atoms with Crippen LogP contribution in [0.3, 0.4) is 0 Å². The molecule has 19 heavy (non-hydrogen) atoms. The lowest BCUT2D eigenvalue weighted by molar-refractivity contribution is 0.0166. The van der Waals surface area contributed by atoms with Crippen LogP contribution < -0.4 is 5.32 Å². The van der Waals surface area contributed by atoms with Crippen molar-refractivity contribution in [3.63, 3.8) is 0 Å². The summed E-state index contributed by atoms with van der Waals surface area (Å²) in [7, 11) is 0. The van der Waals surface area contributed by atoms with Crippen molar-refractivity contribution in [2.45, 2.75) is 25.4 Å².